The first-order valence-electron chi connectivity index (χ1n) is 5.30. The molecule has 1 aliphatic rings. The van der Waals surface area contributed by atoms with Crippen molar-refractivity contribution < 1.29 is 4.74 Å². The summed E-state index contributed by atoms with van der Waals surface area (Å²) in [7, 11) is 1.70. The third-order valence-corrected chi connectivity index (χ3v) is 3.89. The van der Waals surface area contributed by atoms with Crippen LogP contribution in [0.5, 0.6) is 5.75 Å². The van der Waals surface area contributed by atoms with Gasteiger partial charge in [-0.25, -0.2) is 0 Å². The van der Waals surface area contributed by atoms with Gasteiger partial charge in [0.25, 0.3) is 0 Å². The Hall–Kier alpha value is -0.670. The van der Waals surface area contributed by atoms with Crippen LogP contribution in [0.1, 0.15) is 5.56 Å². The minimum atomic E-state index is 0.897. The predicted octanol–water partition coefficient (Wildman–Crippen LogP) is 2.15. The summed E-state index contributed by atoms with van der Waals surface area (Å²) in [6.07, 6.45) is 0. The zero-order valence-corrected chi connectivity index (χ0v) is 9.85. The van der Waals surface area contributed by atoms with Crippen LogP contribution in [0.25, 0.3) is 0 Å². The molecule has 0 radical (unpaired) electrons. The quantitative estimate of drug-likeness (QED) is 0.826. The van der Waals surface area contributed by atoms with Gasteiger partial charge in [-0.15, -0.1) is 0 Å². The number of hydrogen-bond acceptors (Lipinski definition) is 3. The molecule has 0 bridgehead atoms. The maximum absolute atomic E-state index is 5.12. The summed E-state index contributed by atoms with van der Waals surface area (Å²) in [4.78, 5) is 0. The Morgan fingerprint density at radius 1 is 1.33 bits per heavy atom. The molecule has 0 aliphatic carbocycles. The molecule has 2 nitrogen and oxygen atoms in total. The van der Waals surface area contributed by atoms with E-state index in [4.69, 9.17) is 4.74 Å². The smallest absolute Gasteiger partial charge is 0.118 e. The average molecular weight is 223 g/mol. The van der Waals surface area contributed by atoms with Gasteiger partial charge in [0.1, 0.15) is 5.75 Å². The van der Waals surface area contributed by atoms with Gasteiger partial charge in [0.2, 0.25) is 0 Å². The van der Waals surface area contributed by atoms with Gasteiger partial charge in [-0.2, -0.15) is 11.8 Å². The summed E-state index contributed by atoms with van der Waals surface area (Å²) in [5, 5.41) is 3.30. The van der Waals surface area contributed by atoms with Crippen LogP contribution in [0.2, 0.25) is 0 Å². The van der Waals surface area contributed by atoms with Crippen LogP contribution in [0.4, 0.5) is 0 Å². The molecule has 15 heavy (non-hydrogen) atoms. The molecule has 1 aliphatic heterocycles. The summed E-state index contributed by atoms with van der Waals surface area (Å²) in [6.45, 7) is 2.41. The van der Waals surface area contributed by atoms with E-state index in [9.17, 15) is 0 Å². The Labute approximate surface area is 95.4 Å². The molecule has 1 aromatic rings. The molecule has 0 spiro atoms. The number of ether oxygens (including phenoxy) is 1. The van der Waals surface area contributed by atoms with E-state index in [2.05, 4.69) is 17.4 Å². The molecule has 1 fully saturated rings. The lowest BCUT2D eigenvalue weighted by atomic mass is 10.1. The first kappa shape index (κ1) is 10.8. The zero-order chi connectivity index (χ0) is 10.5. The summed E-state index contributed by atoms with van der Waals surface area (Å²) in [6, 6.07) is 8.34. The summed E-state index contributed by atoms with van der Waals surface area (Å²) in [5.41, 5.74) is 1.38. The molecule has 82 valence electrons. The molecule has 1 heterocycles. The van der Waals surface area contributed by atoms with Crippen molar-refractivity contribution in [2.45, 2.75) is 5.75 Å². The summed E-state index contributed by atoms with van der Waals surface area (Å²) < 4.78 is 5.12. The van der Waals surface area contributed by atoms with Gasteiger partial charge >= 0.3 is 0 Å². The van der Waals surface area contributed by atoms with Crippen LogP contribution in [-0.4, -0.2) is 26.0 Å². The van der Waals surface area contributed by atoms with Crippen LogP contribution < -0.4 is 10.1 Å². The topological polar surface area (TPSA) is 21.3 Å². The molecular formula is C12H17NOS. The van der Waals surface area contributed by atoms with E-state index in [0.29, 0.717) is 0 Å². The van der Waals surface area contributed by atoms with Gasteiger partial charge < -0.3 is 10.1 Å². The van der Waals surface area contributed by atoms with Crippen LogP contribution in [0.3, 0.4) is 0 Å². The number of thioether (sulfide) groups is 1. The van der Waals surface area contributed by atoms with Gasteiger partial charge in [-0.05, 0) is 42.5 Å². The molecule has 1 N–H and O–H groups in total. The summed E-state index contributed by atoms with van der Waals surface area (Å²) in [5.74, 6) is 4.22. The lowest BCUT2D eigenvalue weighted by molar-refractivity contribution is 0.385. The minimum Gasteiger partial charge on any atom is -0.497 e. The Bertz CT molecular complexity index is 295. The SMILES string of the molecule is COc1ccc(CSCC2CNC2)cc1. The van der Waals surface area contributed by atoms with Crippen molar-refractivity contribution in [3.05, 3.63) is 29.8 Å². The van der Waals surface area contributed by atoms with E-state index in [1.165, 1.54) is 24.4 Å². The van der Waals surface area contributed by atoms with Gasteiger partial charge in [-0.1, -0.05) is 12.1 Å². The molecular weight excluding hydrogens is 206 g/mol. The van der Waals surface area contributed by atoms with Crippen molar-refractivity contribution in [2.24, 2.45) is 5.92 Å². The molecule has 0 unspecified atom stereocenters. The standard InChI is InChI=1S/C12H17NOS/c1-14-12-4-2-10(3-5-12)8-15-9-11-6-13-7-11/h2-5,11,13H,6-9H2,1H3. The maximum atomic E-state index is 5.12. The number of nitrogens with one attached hydrogen (secondary N) is 1. The third kappa shape index (κ3) is 3.14. The van der Waals surface area contributed by atoms with Crippen LogP contribution in [-0.2, 0) is 5.75 Å². The Balaban J connectivity index is 1.72. The maximum Gasteiger partial charge on any atom is 0.118 e. The average Bonchev–Trinajstić information content (AvgIpc) is 2.23. The second kappa shape index (κ2) is 5.42. The molecule has 0 saturated carbocycles. The van der Waals surface area contributed by atoms with E-state index < -0.39 is 0 Å². The van der Waals surface area contributed by atoms with E-state index in [1.807, 2.05) is 23.9 Å². The van der Waals surface area contributed by atoms with Gasteiger partial charge in [-0.3, -0.25) is 0 Å². The predicted molar refractivity (Wildman–Crippen MR) is 65.5 cm³/mol. The second-order valence-electron chi connectivity index (χ2n) is 3.89. The molecule has 3 heteroatoms. The van der Waals surface area contributed by atoms with Crippen molar-refractivity contribution >= 4 is 11.8 Å². The Morgan fingerprint density at radius 3 is 2.60 bits per heavy atom. The molecule has 0 atom stereocenters. The van der Waals surface area contributed by atoms with E-state index in [1.54, 1.807) is 7.11 Å². The van der Waals surface area contributed by atoms with Crippen molar-refractivity contribution in [1.82, 2.24) is 5.32 Å². The number of hydrogen-bond donors (Lipinski definition) is 1. The number of benzene rings is 1. The molecule has 1 saturated heterocycles. The highest BCUT2D eigenvalue weighted by molar-refractivity contribution is 7.98. The van der Waals surface area contributed by atoms with Gasteiger partial charge in [0.15, 0.2) is 0 Å². The zero-order valence-electron chi connectivity index (χ0n) is 9.03. The highest BCUT2D eigenvalue weighted by Crippen LogP contribution is 2.19. The van der Waals surface area contributed by atoms with E-state index in [0.717, 1.165) is 17.4 Å². The minimum absolute atomic E-state index is 0.897. The lowest BCUT2D eigenvalue weighted by Gasteiger charge is -2.26. The van der Waals surface area contributed by atoms with Crippen LogP contribution in [0, 0.1) is 5.92 Å². The monoisotopic (exact) mass is 223 g/mol. The van der Waals surface area contributed by atoms with Crippen LogP contribution in [0.15, 0.2) is 24.3 Å². The fraction of sp³-hybridized carbons (Fsp3) is 0.500. The number of rotatable bonds is 5. The van der Waals surface area contributed by atoms with Crippen molar-refractivity contribution in [1.29, 1.82) is 0 Å². The largest absolute Gasteiger partial charge is 0.497 e. The van der Waals surface area contributed by atoms with E-state index in [-0.39, 0.29) is 0 Å². The van der Waals surface area contributed by atoms with E-state index >= 15 is 0 Å². The first-order valence-corrected chi connectivity index (χ1v) is 6.45. The van der Waals surface area contributed by atoms with Crippen molar-refractivity contribution in [2.75, 3.05) is 26.0 Å². The normalized spacial score (nSPS) is 16.1. The highest BCUT2D eigenvalue weighted by atomic mass is 32.2. The highest BCUT2D eigenvalue weighted by Gasteiger charge is 2.15. The molecule has 1 aromatic carbocycles. The Kier molecular flexibility index (Phi) is 3.92. The molecule has 0 amide bonds. The Morgan fingerprint density at radius 2 is 2.07 bits per heavy atom. The van der Waals surface area contributed by atoms with Crippen molar-refractivity contribution in [3.63, 3.8) is 0 Å². The third-order valence-electron chi connectivity index (χ3n) is 2.65. The van der Waals surface area contributed by atoms with Crippen molar-refractivity contribution in [3.8, 4) is 5.75 Å². The number of methoxy groups -OCH3 is 1. The fourth-order valence-electron chi connectivity index (χ4n) is 1.53. The fourth-order valence-corrected chi connectivity index (χ4v) is 2.65. The summed E-state index contributed by atoms with van der Waals surface area (Å²) >= 11 is 2.02. The molecule has 2 rings (SSSR count). The second-order valence-corrected chi connectivity index (χ2v) is 4.92. The lowest BCUT2D eigenvalue weighted by Crippen LogP contribution is -2.43. The molecule has 0 aromatic heterocycles. The van der Waals surface area contributed by atoms with Gasteiger partial charge in [0.05, 0.1) is 7.11 Å². The first-order chi connectivity index (χ1) is 7.38. The van der Waals surface area contributed by atoms with Crippen LogP contribution >= 0.6 is 11.8 Å². The van der Waals surface area contributed by atoms with Gasteiger partial charge in [0, 0.05) is 5.75 Å².